The molecule has 0 saturated heterocycles. The van der Waals surface area contributed by atoms with Gasteiger partial charge in [0.15, 0.2) is 0 Å². The van der Waals surface area contributed by atoms with E-state index < -0.39 is 0 Å². The molecule has 2 rings (SSSR count). The molecule has 128 valence electrons. The number of phenols is 2. The molecule has 0 bridgehead atoms. The standard InChI is InChI=1S/C16H18N2O4S2/c19-12-7-10(15(21)17-1-3-23)5-9-6-11(8-13(20)14(9)12)16(22)18-2-4-24/h5-8,19-20,23-24H,1-4H2,(H,17,21)(H,18,22). The molecule has 0 aliphatic carbocycles. The molecule has 8 heteroatoms. The van der Waals surface area contributed by atoms with E-state index >= 15 is 0 Å². The molecule has 6 nitrogen and oxygen atoms in total. The molecule has 2 aromatic rings. The van der Waals surface area contributed by atoms with E-state index in [0.717, 1.165) is 0 Å². The van der Waals surface area contributed by atoms with E-state index in [-0.39, 0.29) is 39.8 Å². The fourth-order valence-electron chi connectivity index (χ4n) is 2.28. The van der Waals surface area contributed by atoms with Crippen LogP contribution in [0, 0.1) is 0 Å². The van der Waals surface area contributed by atoms with E-state index in [0.29, 0.717) is 30.0 Å². The summed E-state index contributed by atoms with van der Waals surface area (Å²) in [5, 5.41) is 26.1. The fraction of sp³-hybridized carbons (Fsp3) is 0.250. The largest absolute Gasteiger partial charge is 0.507 e. The quantitative estimate of drug-likeness (QED) is 0.437. The van der Waals surface area contributed by atoms with Gasteiger partial charge >= 0.3 is 0 Å². The average Bonchev–Trinajstić information content (AvgIpc) is 2.56. The maximum atomic E-state index is 12.0. The van der Waals surface area contributed by atoms with E-state index in [1.54, 1.807) is 0 Å². The Balaban J connectivity index is 2.46. The van der Waals surface area contributed by atoms with Crippen LogP contribution in [0.2, 0.25) is 0 Å². The summed E-state index contributed by atoms with van der Waals surface area (Å²) in [7, 11) is 0. The Hall–Kier alpha value is -2.06. The topological polar surface area (TPSA) is 98.7 Å². The van der Waals surface area contributed by atoms with Crippen LogP contribution >= 0.6 is 25.3 Å². The molecule has 0 saturated carbocycles. The first-order valence-electron chi connectivity index (χ1n) is 7.25. The summed E-state index contributed by atoms with van der Waals surface area (Å²) in [6, 6.07) is 5.57. The number of carbonyl (C=O) groups excluding carboxylic acids is 2. The van der Waals surface area contributed by atoms with Crippen molar-refractivity contribution in [3.8, 4) is 11.5 Å². The van der Waals surface area contributed by atoms with Gasteiger partial charge in [0, 0.05) is 35.7 Å². The predicted octanol–water partition coefficient (Wildman–Crippen LogP) is 1.57. The lowest BCUT2D eigenvalue weighted by molar-refractivity contribution is 0.0948. The van der Waals surface area contributed by atoms with E-state index in [9.17, 15) is 19.8 Å². The van der Waals surface area contributed by atoms with Crippen LogP contribution in [0.1, 0.15) is 20.7 Å². The first-order chi connectivity index (χ1) is 11.5. The predicted molar refractivity (Wildman–Crippen MR) is 99.7 cm³/mol. The monoisotopic (exact) mass is 366 g/mol. The summed E-state index contributed by atoms with van der Waals surface area (Å²) in [6.07, 6.45) is 0. The highest BCUT2D eigenvalue weighted by Gasteiger charge is 2.15. The van der Waals surface area contributed by atoms with Crippen molar-refractivity contribution >= 4 is 47.8 Å². The number of rotatable bonds is 6. The van der Waals surface area contributed by atoms with Crippen LogP contribution in [0.3, 0.4) is 0 Å². The minimum atomic E-state index is -0.370. The lowest BCUT2D eigenvalue weighted by Gasteiger charge is -2.10. The third-order valence-corrected chi connectivity index (χ3v) is 3.77. The Kier molecular flexibility index (Phi) is 6.22. The minimum Gasteiger partial charge on any atom is -0.507 e. The number of phenolic OH excluding ortho intramolecular Hbond substituents is 2. The van der Waals surface area contributed by atoms with Crippen molar-refractivity contribution in [2.45, 2.75) is 0 Å². The number of thiol groups is 2. The zero-order chi connectivity index (χ0) is 17.7. The Morgan fingerprint density at radius 2 is 1.25 bits per heavy atom. The number of fused-ring (bicyclic) bond motifs is 1. The number of benzene rings is 2. The van der Waals surface area contributed by atoms with Gasteiger partial charge < -0.3 is 20.8 Å². The highest BCUT2D eigenvalue weighted by Crippen LogP contribution is 2.35. The summed E-state index contributed by atoms with van der Waals surface area (Å²) in [5.74, 6) is -0.230. The van der Waals surface area contributed by atoms with Crippen LogP contribution < -0.4 is 10.6 Å². The van der Waals surface area contributed by atoms with Crippen molar-refractivity contribution in [3.05, 3.63) is 35.4 Å². The van der Waals surface area contributed by atoms with Gasteiger partial charge in [-0.3, -0.25) is 9.59 Å². The van der Waals surface area contributed by atoms with Crippen molar-refractivity contribution in [2.24, 2.45) is 0 Å². The van der Waals surface area contributed by atoms with Crippen LogP contribution in [0.25, 0.3) is 10.8 Å². The molecule has 0 spiro atoms. The number of nitrogens with one attached hydrogen (secondary N) is 2. The highest BCUT2D eigenvalue weighted by atomic mass is 32.1. The molecular formula is C16H18N2O4S2. The summed E-state index contributed by atoms with van der Waals surface area (Å²) in [5.41, 5.74) is 0.461. The molecule has 0 heterocycles. The maximum absolute atomic E-state index is 12.0. The van der Waals surface area contributed by atoms with Crippen LogP contribution in [-0.2, 0) is 0 Å². The summed E-state index contributed by atoms with van der Waals surface area (Å²) >= 11 is 8.03. The van der Waals surface area contributed by atoms with Crippen molar-refractivity contribution in [2.75, 3.05) is 24.6 Å². The van der Waals surface area contributed by atoms with Crippen molar-refractivity contribution < 1.29 is 19.8 Å². The van der Waals surface area contributed by atoms with Crippen LogP contribution in [0.15, 0.2) is 24.3 Å². The van der Waals surface area contributed by atoms with Gasteiger partial charge in [-0.1, -0.05) is 0 Å². The smallest absolute Gasteiger partial charge is 0.251 e. The van der Waals surface area contributed by atoms with E-state index in [4.69, 9.17) is 0 Å². The second kappa shape index (κ2) is 8.16. The third-order valence-electron chi connectivity index (χ3n) is 3.33. The average molecular weight is 366 g/mol. The van der Waals surface area contributed by atoms with E-state index in [1.807, 2.05) is 0 Å². The number of carbonyl (C=O) groups is 2. The zero-order valence-electron chi connectivity index (χ0n) is 12.7. The third kappa shape index (κ3) is 4.07. The molecule has 0 aliphatic rings. The van der Waals surface area contributed by atoms with Gasteiger partial charge in [0.05, 0.1) is 5.39 Å². The van der Waals surface area contributed by atoms with Crippen LogP contribution in [0.4, 0.5) is 0 Å². The van der Waals surface area contributed by atoms with E-state index in [1.165, 1.54) is 24.3 Å². The number of amides is 2. The van der Waals surface area contributed by atoms with Gasteiger partial charge in [-0.05, 0) is 29.7 Å². The van der Waals surface area contributed by atoms with Crippen LogP contribution in [-0.4, -0.2) is 46.6 Å². The summed E-state index contributed by atoms with van der Waals surface area (Å²) in [6.45, 7) is 0.774. The second-order valence-corrected chi connectivity index (χ2v) is 5.94. The first-order valence-corrected chi connectivity index (χ1v) is 8.52. The number of aromatic hydroxyl groups is 2. The number of hydrogen-bond acceptors (Lipinski definition) is 6. The summed E-state index contributed by atoms with van der Waals surface area (Å²) in [4.78, 5) is 24.1. The van der Waals surface area contributed by atoms with Crippen molar-refractivity contribution in [3.63, 3.8) is 0 Å². The SMILES string of the molecule is O=C(NCCS)c1cc(O)c2c(O)cc(C(=O)NCCS)cc2c1. The van der Waals surface area contributed by atoms with Crippen molar-refractivity contribution in [1.82, 2.24) is 10.6 Å². The normalized spacial score (nSPS) is 10.6. The van der Waals surface area contributed by atoms with Gasteiger partial charge in [0.2, 0.25) is 0 Å². The van der Waals surface area contributed by atoms with Gasteiger partial charge in [-0.2, -0.15) is 25.3 Å². The second-order valence-electron chi connectivity index (χ2n) is 5.05. The molecule has 4 N–H and O–H groups in total. The molecule has 0 atom stereocenters. The van der Waals surface area contributed by atoms with E-state index in [2.05, 4.69) is 35.9 Å². The molecule has 2 aromatic carbocycles. The number of hydrogen-bond donors (Lipinski definition) is 6. The lowest BCUT2D eigenvalue weighted by Crippen LogP contribution is -2.25. The highest BCUT2D eigenvalue weighted by molar-refractivity contribution is 7.80. The molecule has 2 amide bonds. The Morgan fingerprint density at radius 1 is 0.833 bits per heavy atom. The van der Waals surface area contributed by atoms with Gasteiger partial charge in [0.25, 0.3) is 11.8 Å². The summed E-state index contributed by atoms with van der Waals surface area (Å²) < 4.78 is 0. The molecule has 0 radical (unpaired) electrons. The molecule has 0 aliphatic heterocycles. The lowest BCUT2D eigenvalue weighted by atomic mass is 10.0. The maximum Gasteiger partial charge on any atom is 0.251 e. The first kappa shape index (κ1) is 18.3. The van der Waals surface area contributed by atoms with Crippen molar-refractivity contribution in [1.29, 1.82) is 0 Å². The fourth-order valence-corrected chi connectivity index (χ4v) is 2.50. The molecule has 24 heavy (non-hydrogen) atoms. The Labute approximate surface area is 150 Å². The molecular weight excluding hydrogens is 348 g/mol. The molecule has 0 fully saturated rings. The van der Waals surface area contributed by atoms with Gasteiger partial charge in [-0.15, -0.1) is 0 Å². The molecule has 0 unspecified atom stereocenters. The Bertz CT molecular complexity index is 720. The van der Waals surface area contributed by atoms with Gasteiger partial charge in [-0.25, -0.2) is 0 Å². The minimum absolute atomic E-state index is 0.187. The van der Waals surface area contributed by atoms with Crippen LogP contribution in [0.5, 0.6) is 11.5 Å². The molecule has 0 aromatic heterocycles. The van der Waals surface area contributed by atoms with Gasteiger partial charge in [0.1, 0.15) is 11.5 Å². The Morgan fingerprint density at radius 3 is 1.62 bits per heavy atom. The zero-order valence-corrected chi connectivity index (χ0v) is 14.5.